The Morgan fingerprint density at radius 2 is 1.80 bits per heavy atom. The van der Waals surface area contributed by atoms with Gasteiger partial charge in [0.25, 0.3) is 0 Å². The Labute approximate surface area is 150 Å². The molecule has 25 heavy (non-hydrogen) atoms. The van der Waals surface area contributed by atoms with E-state index in [2.05, 4.69) is 10.2 Å². The average molecular weight is 354 g/mol. The molecule has 0 spiro atoms. The van der Waals surface area contributed by atoms with Crippen molar-refractivity contribution in [2.24, 2.45) is 5.73 Å². The summed E-state index contributed by atoms with van der Waals surface area (Å²) in [4.78, 5) is 11.4. The predicted molar refractivity (Wildman–Crippen MR) is 97.9 cm³/mol. The fraction of sp³-hybridized carbons (Fsp3) is 0.167. The summed E-state index contributed by atoms with van der Waals surface area (Å²) in [6.07, 6.45) is 0. The van der Waals surface area contributed by atoms with Crippen LogP contribution >= 0.6 is 11.8 Å². The molecule has 0 saturated heterocycles. The molecule has 0 saturated carbocycles. The summed E-state index contributed by atoms with van der Waals surface area (Å²) >= 11 is 1.29. The minimum absolute atomic E-state index is 0.390. The van der Waals surface area contributed by atoms with Gasteiger partial charge in [-0.1, -0.05) is 30.0 Å². The lowest BCUT2D eigenvalue weighted by Crippen LogP contribution is -2.23. The first kappa shape index (κ1) is 17.0. The van der Waals surface area contributed by atoms with E-state index < -0.39 is 11.2 Å². The number of thioether (sulfide) groups is 1. The normalized spacial score (nSPS) is 11.9. The molecule has 0 aliphatic rings. The van der Waals surface area contributed by atoms with Crippen LogP contribution in [-0.4, -0.2) is 33.0 Å². The van der Waals surface area contributed by atoms with Gasteiger partial charge in [-0.25, -0.2) is 0 Å². The molecule has 0 aliphatic carbocycles. The van der Waals surface area contributed by atoms with Gasteiger partial charge in [-0.15, -0.1) is 10.2 Å². The maximum Gasteiger partial charge on any atom is 0.230 e. The molecule has 3 aromatic rings. The minimum Gasteiger partial charge on any atom is -0.497 e. The number of amides is 1. The Morgan fingerprint density at radius 1 is 1.12 bits per heavy atom. The smallest absolute Gasteiger partial charge is 0.230 e. The van der Waals surface area contributed by atoms with Gasteiger partial charge in [-0.2, -0.15) is 0 Å². The summed E-state index contributed by atoms with van der Waals surface area (Å²) in [6.45, 7) is 1.75. The zero-order valence-electron chi connectivity index (χ0n) is 13.9. The molecule has 1 aromatic heterocycles. The largest absolute Gasteiger partial charge is 0.497 e. The highest BCUT2D eigenvalue weighted by Crippen LogP contribution is 2.30. The molecule has 7 heteroatoms. The van der Waals surface area contributed by atoms with Gasteiger partial charge in [-0.05, 0) is 43.3 Å². The van der Waals surface area contributed by atoms with E-state index in [0.717, 1.165) is 17.0 Å². The molecule has 1 unspecified atom stereocenters. The van der Waals surface area contributed by atoms with Crippen LogP contribution < -0.4 is 10.5 Å². The summed E-state index contributed by atoms with van der Waals surface area (Å²) in [5, 5.41) is 8.81. The monoisotopic (exact) mass is 354 g/mol. The van der Waals surface area contributed by atoms with E-state index in [1.54, 1.807) is 14.0 Å². The highest BCUT2D eigenvalue weighted by molar-refractivity contribution is 8.00. The molecule has 0 bridgehead atoms. The molecule has 1 amide bonds. The first-order chi connectivity index (χ1) is 12.1. The number of nitrogens with zero attached hydrogens (tertiary/aromatic N) is 3. The van der Waals surface area contributed by atoms with Crippen LogP contribution in [0.15, 0.2) is 59.8 Å². The van der Waals surface area contributed by atoms with Crippen LogP contribution in [0.2, 0.25) is 0 Å². The fourth-order valence-corrected chi connectivity index (χ4v) is 3.12. The van der Waals surface area contributed by atoms with Crippen molar-refractivity contribution in [3.05, 3.63) is 54.6 Å². The summed E-state index contributed by atoms with van der Waals surface area (Å²) in [5.41, 5.74) is 7.20. The number of ether oxygens (including phenoxy) is 1. The lowest BCUT2D eigenvalue weighted by Gasteiger charge is -2.12. The fourth-order valence-electron chi connectivity index (χ4n) is 2.30. The van der Waals surface area contributed by atoms with Gasteiger partial charge in [0, 0.05) is 11.3 Å². The Kier molecular flexibility index (Phi) is 5.04. The number of carbonyl (C=O) groups is 1. The second-order valence-corrected chi connectivity index (χ2v) is 6.68. The molecule has 2 N–H and O–H groups in total. The van der Waals surface area contributed by atoms with E-state index in [-0.39, 0.29) is 0 Å². The number of methoxy groups -OCH3 is 1. The number of aromatic nitrogens is 3. The van der Waals surface area contributed by atoms with Gasteiger partial charge in [0.2, 0.25) is 5.91 Å². The van der Waals surface area contributed by atoms with E-state index in [0.29, 0.717) is 11.0 Å². The molecule has 1 heterocycles. The molecule has 0 aliphatic heterocycles. The lowest BCUT2D eigenvalue weighted by atomic mass is 10.2. The van der Waals surface area contributed by atoms with E-state index in [4.69, 9.17) is 10.5 Å². The summed E-state index contributed by atoms with van der Waals surface area (Å²) in [7, 11) is 1.63. The molecule has 1 atom stereocenters. The van der Waals surface area contributed by atoms with Crippen molar-refractivity contribution in [3.63, 3.8) is 0 Å². The molecular weight excluding hydrogens is 336 g/mol. The third-order valence-corrected chi connectivity index (χ3v) is 4.74. The van der Waals surface area contributed by atoms with Crippen LogP contribution in [-0.2, 0) is 4.79 Å². The summed E-state index contributed by atoms with van der Waals surface area (Å²) in [5.74, 6) is 1.07. The van der Waals surface area contributed by atoms with Gasteiger partial charge in [-0.3, -0.25) is 9.36 Å². The molecule has 2 aromatic carbocycles. The van der Waals surface area contributed by atoms with Crippen LogP contribution in [0.5, 0.6) is 5.75 Å². The Morgan fingerprint density at radius 3 is 2.40 bits per heavy atom. The van der Waals surface area contributed by atoms with Gasteiger partial charge in [0.15, 0.2) is 11.0 Å². The van der Waals surface area contributed by atoms with Crippen LogP contribution in [0.4, 0.5) is 0 Å². The second-order valence-electron chi connectivity index (χ2n) is 5.37. The Balaban J connectivity index is 2.08. The van der Waals surface area contributed by atoms with Crippen molar-refractivity contribution in [2.75, 3.05) is 7.11 Å². The SMILES string of the molecule is COc1ccc(-c2nnc(SC(C)C(N)=O)n2-c2ccccc2)cc1. The number of primary amides is 1. The number of hydrogen-bond donors (Lipinski definition) is 1. The topological polar surface area (TPSA) is 83.0 Å². The van der Waals surface area contributed by atoms with E-state index >= 15 is 0 Å². The quantitative estimate of drug-likeness (QED) is 0.688. The van der Waals surface area contributed by atoms with Crippen molar-refractivity contribution < 1.29 is 9.53 Å². The maximum atomic E-state index is 11.4. The standard InChI is InChI=1S/C18H18N4O2S/c1-12(16(19)23)25-18-21-20-17(13-8-10-15(24-2)11-9-13)22(18)14-6-4-3-5-7-14/h3-12H,1-2H3,(H2,19,23). The van der Waals surface area contributed by atoms with Crippen molar-refractivity contribution in [1.82, 2.24) is 14.8 Å². The maximum absolute atomic E-state index is 11.4. The second kappa shape index (κ2) is 7.40. The number of hydrogen-bond acceptors (Lipinski definition) is 5. The molecular formula is C18H18N4O2S. The van der Waals surface area contributed by atoms with Crippen LogP contribution in [0.25, 0.3) is 17.1 Å². The number of nitrogens with two attached hydrogens (primary N) is 1. The zero-order valence-corrected chi connectivity index (χ0v) is 14.7. The van der Waals surface area contributed by atoms with E-state index in [1.807, 2.05) is 59.2 Å². The third-order valence-electron chi connectivity index (χ3n) is 3.68. The minimum atomic E-state index is -0.407. The van der Waals surface area contributed by atoms with E-state index in [1.165, 1.54) is 11.8 Å². The van der Waals surface area contributed by atoms with Gasteiger partial charge < -0.3 is 10.5 Å². The van der Waals surface area contributed by atoms with Crippen molar-refractivity contribution in [2.45, 2.75) is 17.3 Å². The number of carbonyl (C=O) groups excluding carboxylic acids is 1. The molecule has 3 rings (SSSR count). The Bertz CT molecular complexity index is 863. The molecule has 0 radical (unpaired) electrons. The van der Waals surface area contributed by atoms with Gasteiger partial charge in [0.05, 0.1) is 12.4 Å². The van der Waals surface area contributed by atoms with Crippen LogP contribution in [0, 0.1) is 0 Å². The number of rotatable bonds is 6. The molecule has 6 nitrogen and oxygen atoms in total. The first-order valence-corrected chi connectivity index (χ1v) is 8.59. The summed E-state index contributed by atoms with van der Waals surface area (Å²) in [6, 6.07) is 17.4. The Hall–Kier alpha value is -2.80. The molecule has 128 valence electrons. The van der Waals surface area contributed by atoms with E-state index in [9.17, 15) is 4.79 Å². The predicted octanol–water partition coefficient (Wildman–Crippen LogP) is 2.91. The highest BCUT2D eigenvalue weighted by atomic mass is 32.2. The number of benzene rings is 2. The first-order valence-electron chi connectivity index (χ1n) is 7.71. The van der Waals surface area contributed by atoms with Crippen molar-refractivity contribution in [3.8, 4) is 22.8 Å². The average Bonchev–Trinajstić information content (AvgIpc) is 3.06. The van der Waals surface area contributed by atoms with Crippen LogP contribution in [0.1, 0.15) is 6.92 Å². The van der Waals surface area contributed by atoms with Crippen molar-refractivity contribution >= 4 is 17.7 Å². The zero-order chi connectivity index (χ0) is 17.8. The van der Waals surface area contributed by atoms with Crippen molar-refractivity contribution in [1.29, 1.82) is 0 Å². The van der Waals surface area contributed by atoms with Gasteiger partial charge >= 0.3 is 0 Å². The van der Waals surface area contributed by atoms with Gasteiger partial charge in [0.1, 0.15) is 5.75 Å². The lowest BCUT2D eigenvalue weighted by molar-refractivity contribution is -0.117. The van der Waals surface area contributed by atoms with Crippen LogP contribution in [0.3, 0.4) is 0 Å². The highest BCUT2D eigenvalue weighted by Gasteiger charge is 2.20. The molecule has 0 fully saturated rings. The number of para-hydroxylation sites is 1. The third kappa shape index (κ3) is 3.66. The summed E-state index contributed by atoms with van der Waals surface area (Å²) < 4.78 is 7.13.